The van der Waals surface area contributed by atoms with Crippen molar-refractivity contribution in [3.05, 3.63) is 22.4 Å². The van der Waals surface area contributed by atoms with Crippen molar-refractivity contribution in [3.8, 4) is 0 Å². The van der Waals surface area contributed by atoms with Gasteiger partial charge in [0.05, 0.1) is 6.21 Å². The van der Waals surface area contributed by atoms with Gasteiger partial charge in [-0.1, -0.05) is 30.5 Å². The molecule has 2 rings (SSSR count). The van der Waals surface area contributed by atoms with E-state index in [4.69, 9.17) is 4.84 Å². The van der Waals surface area contributed by atoms with Crippen molar-refractivity contribution in [1.29, 1.82) is 0 Å². The zero-order chi connectivity index (χ0) is 14.4. The molecular weight excluding hydrogens is 272 g/mol. The third-order valence-electron chi connectivity index (χ3n) is 3.76. The zero-order valence-electron chi connectivity index (χ0n) is 12.1. The van der Waals surface area contributed by atoms with E-state index in [0.29, 0.717) is 6.04 Å². The minimum atomic E-state index is -0.530. The summed E-state index contributed by atoms with van der Waals surface area (Å²) in [4.78, 5) is 20.4. The second kappa shape index (κ2) is 7.43. The summed E-state index contributed by atoms with van der Waals surface area (Å²) < 4.78 is 0. The molecule has 0 saturated heterocycles. The van der Waals surface area contributed by atoms with Gasteiger partial charge in [0.2, 0.25) is 6.10 Å². The topological polar surface area (TPSA) is 41.9 Å². The zero-order valence-corrected chi connectivity index (χ0v) is 12.9. The average molecular weight is 294 g/mol. The van der Waals surface area contributed by atoms with Crippen molar-refractivity contribution in [3.63, 3.8) is 0 Å². The van der Waals surface area contributed by atoms with Gasteiger partial charge < -0.3 is 9.74 Å². The number of carbonyl (C=O) groups is 1. The van der Waals surface area contributed by atoms with E-state index in [0.717, 1.165) is 17.7 Å². The van der Waals surface area contributed by atoms with Gasteiger partial charge >= 0.3 is 0 Å². The highest BCUT2D eigenvalue weighted by Gasteiger charge is 2.26. The Labute approximate surface area is 124 Å². The Balaban J connectivity index is 1.81. The van der Waals surface area contributed by atoms with Crippen molar-refractivity contribution < 1.29 is 9.63 Å². The van der Waals surface area contributed by atoms with Crippen molar-refractivity contribution in [2.45, 2.75) is 51.2 Å². The van der Waals surface area contributed by atoms with Crippen molar-refractivity contribution in [1.82, 2.24) is 4.90 Å². The van der Waals surface area contributed by atoms with Gasteiger partial charge in [-0.2, -0.15) is 0 Å². The van der Waals surface area contributed by atoms with Crippen LogP contribution in [0.25, 0.3) is 0 Å². The average Bonchev–Trinajstić information content (AvgIpc) is 2.99. The lowest BCUT2D eigenvalue weighted by Gasteiger charge is -2.32. The molecular formula is C15H22N2O2S. The molecule has 0 aromatic carbocycles. The van der Waals surface area contributed by atoms with Crippen LogP contribution in [0.5, 0.6) is 0 Å². The van der Waals surface area contributed by atoms with Crippen LogP contribution in [-0.4, -0.2) is 36.2 Å². The van der Waals surface area contributed by atoms with E-state index < -0.39 is 6.10 Å². The fourth-order valence-electron chi connectivity index (χ4n) is 2.52. The second-order valence-corrected chi connectivity index (χ2v) is 6.22. The van der Waals surface area contributed by atoms with E-state index in [1.807, 2.05) is 29.5 Å². The van der Waals surface area contributed by atoms with Crippen LogP contribution in [0, 0.1) is 0 Å². The van der Waals surface area contributed by atoms with Crippen LogP contribution >= 0.6 is 11.3 Å². The predicted octanol–water partition coefficient (Wildman–Crippen LogP) is 3.28. The van der Waals surface area contributed by atoms with E-state index in [1.165, 1.54) is 19.3 Å². The van der Waals surface area contributed by atoms with Gasteiger partial charge in [-0.05, 0) is 31.2 Å². The SMILES string of the molecule is CC(ON=Cc1cccs1)C(=O)N(C)C1CCCCC1. The summed E-state index contributed by atoms with van der Waals surface area (Å²) in [7, 11) is 1.88. The van der Waals surface area contributed by atoms with E-state index >= 15 is 0 Å². The number of nitrogens with zero attached hydrogens (tertiary/aromatic N) is 2. The molecule has 20 heavy (non-hydrogen) atoms. The minimum Gasteiger partial charge on any atom is -0.383 e. The molecule has 1 aliphatic rings. The van der Waals surface area contributed by atoms with Crippen LogP contribution in [0.1, 0.15) is 43.9 Å². The molecule has 1 amide bonds. The van der Waals surface area contributed by atoms with Crippen LogP contribution in [0.2, 0.25) is 0 Å². The summed E-state index contributed by atoms with van der Waals surface area (Å²) in [6.45, 7) is 1.76. The van der Waals surface area contributed by atoms with Crippen LogP contribution in [0.4, 0.5) is 0 Å². The first-order valence-electron chi connectivity index (χ1n) is 7.18. The summed E-state index contributed by atoms with van der Waals surface area (Å²) in [6.07, 6.45) is 7.05. The Hall–Kier alpha value is -1.36. The fraction of sp³-hybridized carbons (Fsp3) is 0.600. The molecule has 1 aliphatic carbocycles. The number of amides is 1. The third kappa shape index (κ3) is 4.07. The molecule has 5 heteroatoms. The lowest BCUT2D eigenvalue weighted by atomic mass is 9.94. The number of thiophene rings is 1. The smallest absolute Gasteiger partial charge is 0.266 e. The van der Waals surface area contributed by atoms with E-state index in [2.05, 4.69) is 5.16 Å². The molecule has 0 radical (unpaired) electrons. The molecule has 1 unspecified atom stereocenters. The quantitative estimate of drug-likeness (QED) is 0.618. The van der Waals surface area contributed by atoms with Gasteiger partial charge in [0, 0.05) is 18.0 Å². The summed E-state index contributed by atoms with van der Waals surface area (Å²) in [5.74, 6) is 0.0141. The molecule has 4 nitrogen and oxygen atoms in total. The van der Waals surface area contributed by atoms with Gasteiger partial charge in [-0.3, -0.25) is 4.79 Å². The van der Waals surface area contributed by atoms with E-state index in [1.54, 1.807) is 24.5 Å². The molecule has 0 N–H and O–H groups in total. The number of rotatable bonds is 5. The summed E-state index contributed by atoms with van der Waals surface area (Å²) in [5.41, 5.74) is 0. The van der Waals surface area contributed by atoms with Crippen LogP contribution in [0.15, 0.2) is 22.7 Å². The highest BCUT2D eigenvalue weighted by molar-refractivity contribution is 7.11. The summed E-state index contributed by atoms with van der Waals surface area (Å²) in [6, 6.07) is 4.28. The Kier molecular flexibility index (Phi) is 5.59. The molecule has 0 spiro atoms. The molecule has 1 heterocycles. The van der Waals surface area contributed by atoms with Crippen molar-refractivity contribution in [2.75, 3.05) is 7.05 Å². The maximum absolute atomic E-state index is 12.3. The number of likely N-dealkylation sites (N-methyl/N-ethyl adjacent to an activating group) is 1. The van der Waals surface area contributed by atoms with E-state index in [-0.39, 0.29) is 5.91 Å². The summed E-state index contributed by atoms with van der Waals surface area (Å²) >= 11 is 1.59. The molecule has 1 saturated carbocycles. The van der Waals surface area contributed by atoms with Gasteiger partial charge in [-0.25, -0.2) is 0 Å². The van der Waals surface area contributed by atoms with E-state index in [9.17, 15) is 4.79 Å². The lowest BCUT2D eigenvalue weighted by molar-refractivity contribution is -0.144. The third-order valence-corrected chi connectivity index (χ3v) is 4.57. The molecule has 0 aliphatic heterocycles. The molecule has 1 aromatic rings. The summed E-state index contributed by atoms with van der Waals surface area (Å²) in [5, 5.41) is 5.88. The van der Waals surface area contributed by atoms with Gasteiger partial charge in [0.1, 0.15) is 0 Å². The largest absolute Gasteiger partial charge is 0.383 e. The number of hydrogen-bond donors (Lipinski definition) is 0. The Morgan fingerprint density at radius 2 is 2.25 bits per heavy atom. The van der Waals surface area contributed by atoms with Gasteiger partial charge in [0.25, 0.3) is 5.91 Å². The van der Waals surface area contributed by atoms with Crippen LogP contribution < -0.4 is 0 Å². The highest BCUT2D eigenvalue weighted by Crippen LogP contribution is 2.22. The highest BCUT2D eigenvalue weighted by atomic mass is 32.1. The standard InChI is InChI=1S/C15H22N2O2S/c1-12(19-16-11-14-9-6-10-20-14)15(18)17(2)13-7-4-3-5-8-13/h6,9-13H,3-5,7-8H2,1-2H3. The van der Waals surface area contributed by atoms with Gasteiger partial charge in [0.15, 0.2) is 0 Å². The first-order valence-corrected chi connectivity index (χ1v) is 8.06. The lowest BCUT2D eigenvalue weighted by Crippen LogP contribution is -2.43. The van der Waals surface area contributed by atoms with Crippen molar-refractivity contribution in [2.24, 2.45) is 5.16 Å². The maximum atomic E-state index is 12.3. The molecule has 1 atom stereocenters. The Morgan fingerprint density at radius 1 is 1.50 bits per heavy atom. The monoisotopic (exact) mass is 294 g/mol. The first kappa shape index (κ1) is 15.0. The fourth-order valence-corrected chi connectivity index (χ4v) is 3.09. The maximum Gasteiger partial charge on any atom is 0.266 e. The minimum absolute atomic E-state index is 0.0141. The normalized spacial score (nSPS) is 18.1. The molecule has 110 valence electrons. The first-order chi connectivity index (χ1) is 9.68. The number of oxime groups is 1. The van der Waals surface area contributed by atoms with Gasteiger partial charge in [-0.15, -0.1) is 11.3 Å². The van der Waals surface area contributed by atoms with Crippen LogP contribution in [0.3, 0.4) is 0 Å². The van der Waals surface area contributed by atoms with Crippen molar-refractivity contribution >= 4 is 23.5 Å². The number of carbonyl (C=O) groups excluding carboxylic acids is 1. The molecule has 1 aromatic heterocycles. The number of hydrogen-bond acceptors (Lipinski definition) is 4. The molecule has 0 bridgehead atoms. The van der Waals surface area contributed by atoms with Crippen LogP contribution in [-0.2, 0) is 9.63 Å². The molecule has 1 fully saturated rings. The predicted molar refractivity (Wildman–Crippen MR) is 82.1 cm³/mol. The Bertz CT molecular complexity index is 439. The second-order valence-electron chi connectivity index (χ2n) is 5.24. The Morgan fingerprint density at radius 3 is 2.90 bits per heavy atom.